The summed E-state index contributed by atoms with van der Waals surface area (Å²) in [5.74, 6) is 1.46. The van der Waals surface area contributed by atoms with Crippen molar-refractivity contribution in [3.63, 3.8) is 0 Å². The Kier molecular flexibility index (Phi) is 8.55. The van der Waals surface area contributed by atoms with Crippen molar-refractivity contribution < 1.29 is 4.74 Å². The molecular formula is C26H31N3O. The van der Waals surface area contributed by atoms with Crippen LogP contribution in [0.15, 0.2) is 65.6 Å². The van der Waals surface area contributed by atoms with Gasteiger partial charge < -0.3 is 4.74 Å². The molecule has 30 heavy (non-hydrogen) atoms. The van der Waals surface area contributed by atoms with Crippen molar-refractivity contribution in [2.45, 2.75) is 53.9 Å². The molecule has 0 radical (unpaired) electrons. The van der Waals surface area contributed by atoms with Gasteiger partial charge >= 0.3 is 0 Å². The van der Waals surface area contributed by atoms with Crippen LogP contribution >= 0.6 is 0 Å². The van der Waals surface area contributed by atoms with Gasteiger partial charge in [-0.15, -0.1) is 0 Å². The van der Waals surface area contributed by atoms with Crippen molar-refractivity contribution in [1.82, 2.24) is 4.98 Å². The minimum Gasteiger partial charge on any atom is -0.457 e. The van der Waals surface area contributed by atoms with Gasteiger partial charge in [0.15, 0.2) is 0 Å². The van der Waals surface area contributed by atoms with Crippen molar-refractivity contribution in [1.29, 1.82) is 5.26 Å². The zero-order chi connectivity index (χ0) is 22.1. The fourth-order valence-electron chi connectivity index (χ4n) is 3.03. The number of allylic oxidation sites excluding steroid dienone is 2. The lowest BCUT2D eigenvalue weighted by Gasteiger charge is -2.12. The molecule has 2 rings (SSSR count). The Morgan fingerprint density at radius 2 is 2.03 bits per heavy atom. The highest BCUT2D eigenvalue weighted by molar-refractivity contribution is 5.84. The number of aromatic nitrogens is 1. The molecule has 0 aliphatic heterocycles. The number of nitriles is 1. The second-order valence-electron chi connectivity index (χ2n) is 7.54. The van der Waals surface area contributed by atoms with Crippen LogP contribution in [0.4, 0.5) is 0 Å². The summed E-state index contributed by atoms with van der Waals surface area (Å²) in [5, 5.41) is 9.30. The van der Waals surface area contributed by atoms with Gasteiger partial charge in [-0.05, 0) is 62.4 Å². The van der Waals surface area contributed by atoms with Crippen LogP contribution < -0.4 is 4.74 Å². The second kappa shape index (κ2) is 11.1. The van der Waals surface area contributed by atoms with Gasteiger partial charge in [-0.3, -0.25) is 9.98 Å². The summed E-state index contributed by atoms with van der Waals surface area (Å²) in [4.78, 5) is 9.23. The largest absolute Gasteiger partial charge is 0.457 e. The molecule has 1 heterocycles. The van der Waals surface area contributed by atoms with Crippen LogP contribution in [0.5, 0.6) is 5.75 Å². The van der Waals surface area contributed by atoms with Crippen molar-refractivity contribution in [3.8, 4) is 23.1 Å². The van der Waals surface area contributed by atoms with Crippen LogP contribution in [0.2, 0.25) is 0 Å². The van der Waals surface area contributed by atoms with Gasteiger partial charge in [0, 0.05) is 29.2 Å². The quantitative estimate of drug-likeness (QED) is 0.261. The normalized spacial score (nSPS) is 12.9. The van der Waals surface area contributed by atoms with E-state index in [2.05, 4.69) is 49.5 Å². The summed E-state index contributed by atoms with van der Waals surface area (Å²) < 4.78 is 6.03. The molecule has 0 saturated carbocycles. The number of aryl methyl sites for hydroxylation is 1. The van der Waals surface area contributed by atoms with Crippen molar-refractivity contribution in [3.05, 3.63) is 71.8 Å². The van der Waals surface area contributed by atoms with E-state index < -0.39 is 0 Å². The number of pyridine rings is 1. The minimum absolute atomic E-state index is 0.434. The molecule has 2 aromatic rings. The smallest absolute Gasteiger partial charge is 0.138 e. The summed E-state index contributed by atoms with van der Waals surface area (Å²) in [5.41, 5.74) is 5.27. The molecular weight excluding hydrogens is 370 g/mol. The fourth-order valence-corrected chi connectivity index (χ4v) is 3.03. The van der Waals surface area contributed by atoms with Gasteiger partial charge in [-0.1, -0.05) is 39.8 Å². The third kappa shape index (κ3) is 6.42. The van der Waals surface area contributed by atoms with Crippen LogP contribution in [-0.4, -0.2) is 10.7 Å². The third-order valence-electron chi connectivity index (χ3n) is 5.04. The first-order valence-corrected chi connectivity index (χ1v) is 10.5. The number of hydrogen-bond acceptors (Lipinski definition) is 4. The molecule has 4 nitrogen and oxygen atoms in total. The maximum Gasteiger partial charge on any atom is 0.138 e. The van der Waals surface area contributed by atoms with Gasteiger partial charge in [-0.2, -0.15) is 5.26 Å². The minimum atomic E-state index is 0.434. The highest BCUT2D eigenvalue weighted by Crippen LogP contribution is 2.31. The molecule has 1 aromatic heterocycles. The number of nitrogens with zero attached hydrogens (tertiary/aromatic N) is 3. The van der Waals surface area contributed by atoms with Gasteiger partial charge in [0.1, 0.15) is 11.5 Å². The summed E-state index contributed by atoms with van der Waals surface area (Å²) in [6, 6.07) is 11.6. The van der Waals surface area contributed by atoms with E-state index in [1.807, 2.05) is 38.3 Å². The Bertz CT molecular complexity index is 978. The molecule has 0 fully saturated rings. The molecule has 1 unspecified atom stereocenters. The average molecular weight is 402 g/mol. The van der Waals surface area contributed by atoms with E-state index in [0.29, 0.717) is 23.0 Å². The zero-order valence-corrected chi connectivity index (χ0v) is 18.7. The van der Waals surface area contributed by atoms with E-state index >= 15 is 0 Å². The standard InChI is InChI=1S/C26H31N3O/c1-7-9-22-11-13-25(28-17-22)24-12-10-23(16-27)15-26(24)30-20(5)14-19(4)29-21(6)18(3)8-2/h10-15,17-18H,5,7-9H2,1-4,6H3/b19-14-,29-21-. The number of rotatable bonds is 9. The second-order valence-corrected chi connectivity index (χ2v) is 7.54. The monoisotopic (exact) mass is 401 g/mol. The predicted octanol–water partition coefficient (Wildman–Crippen LogP) is 6.88. The van der Waals surface area contributed by atoms with Crippen molar-refractivity contribution >= 4 is 5.71 Å². The lowest BCUT2D eigenvalue weighted by molar-refractivity contribution is 0.447. The molecule has 156 valence electrons. The molecule has 0 spiro atoms. The Balaban J connectivity index is 2.31. The lowest BCUT2D eigenvalue weighted by Crippen LogP contribution is -2.05. The Morgan fingerprint density at radius 1 is 1.27 bits per heavy atom. The summed E-state index contributed by atoms with van der Waals surface area (Å²) in [6.07, 6.45) is 6.84. The molecule has 0 saturated heterocycles. The van der Waals surface area contributed by atoms with Crippen LogP contribution in [0.25, 0.3) is 11.3 Å². The molecule has 4 heteroatoms. The highest BCUT2D eigenvalue weighted by atomic mass is 16.5. The van der Waals surface area contributed by atoms with E-state index in [0.717, 1.165) is 41.9 Å². The van der Waals surface area contributed by atoms with Crippen LogP contribution in [0.1, 0.15) is 58.6 Å². The summed E-state index contributed by atoms with van der Waals surface area (Å²) in [7, 11) is 0. The SMILES string of the molecule is C=C(/C=C(C)\N=C(\C)C(C)CC)Oc1cc(C#N)ccc1-c1ccc(CCC)cn1. The van der Waals surface area contributed by atoms with Crippen LogP contribution in [0.3, 0.4) is 0 Å². The van der Waals surface area contributed by atoms with E-state index in [-0.39, 0.29) is 0 Å². The molecule has 0 N–H and O–H groups in total. The molecule has 1 atom stereocenters. The van der Waals surface area contributed by atoms with Crippen LogP contribution in [0, 0.1) is 17.2 Å². The van der Waals surface area contributed by atoms with Crippen LogP contribution in [-0.2, 0) is 6.42 Å². The number of aliphatic imine (C=N–C) groups is 1. The van der Waals surface area contributed by atoms with E-state index in [1.165, 1.54) is 5.56 Å². The first kappa shape index (κ1) is 23.1. The first-order chi connectivity index (χ1) is 14.4. The third-order valence-corrected chi connectivity index (χ3v) is 5.04. The number of hydrogen-bond donors (Lipinski definition) is 0. The molecule has 0 aliphatic rings. The highest BCUT2D eigenvalue weighted by Gasteiger charge is 2.11. The van der Waals surface area contributed by atoms with Gasteiger partial charge in [-0.25, -0.2) is 0 Å². The molecule has 0 aliphatic carbocycles. The van der Waals surface area contributed by atoms with Crippen molar-refractivity contribution in [2.75, 3.05) is 0 Å². The van der Waals surface area contributed by atoms with E-state index in [9.17, 15) is 5.26 Å². The lowest BCUT2D eigenvalue weighted by atomic mass is 10.0. The average Bonchev–Trinajstić information content (AvgIpc) is 2.73. The van der Waals surface area contributed by atoms with Crippen molar-refractivity contribution in [2.24, 2.45) is 10.9 Å². The Morgan fingerprint density at radius 3 is 2.63 bits per heavy atom. The first-order valence-electron chi connectivity index (χ1n) is 10.5. The maximum absolute atomic E-state index is 9.30. The van der Waals surface area contributed by atoms with E-state index in [1.54, 1.807) is 12.1 Å². The zero-order valence-electron chi connectivity index (χ0n) is 18.7. The Labute approximate surface area is 180 Å². The topological polar surface area (TPSA) is 58.3 Å². The summed E-state index contributed by atoms with van der Waals surface area (Å²) in [6.45, 7) is 14.5. The number of ether oxygens (including phenoxy) is 1. The summed E-state index contributed by atoms with van der Waals surface area (Å²) >= 11 is 0. The van der Waals surface area contributed by atoms with Gasteiger partial charge in [0.05, 0.1) is 17.3 Å². The van der Waals surface area contributed by atoms with Gasteiger partial charge in [0.25, 0.3) is 0 Å². The van der Waals surface area contributed by atoms with E-state index in [4.69, 9.17) is 4.74 Å². The number of benzene rings is 1. The predicted molar refractivity (Wildman–Crippen MR) is 124 cm³/mol. The molecule has 0 bridgehead atoms. The molecule has 1 aromatic carbocycles. The maximum atomic E-state index is 9.30. The van der Waals surface area contributed by atoms with Gasteiger partial charge in [0.2, 0.25) is 0 Å². The fraction of sp³-hybridized carbons (Fsp3) is 0.346. The molecule has 0 amide bonds. The Hall–Kier alpha value is -3.19.